The number of rotatable bonds is 1. The highest BCUT2D eigenvalue weighted by atomic mass is 79.9. The standard InChI is InChI=1S/C9H9NS.C8H10.BrH/c1-6-3-4-8-9(5-6)11-7(2)10-8;1-2-8-6-4-3-5-7-8;/h3-5H,1-2H3;3-7H,2H2,1H3;1H. The van der Waals surface area contributed by atoms with Crippen molar-refractivity contribution in [1.29, 1.82) is 0 Å². The Bertz CT molecular complexity index is 646. The maximum Gasteiger partial charge on any atom is 0.0907 e. The molecule has 0 aliphatic carbocycles. The van der Waals surface area contributed by atoms with E-state index >= 15 is 0 Å². The van der Waals surface area contributed by atoms with Crippen molar-refractivity contribution < 1.29 is 0 Å². The number of fused-ring (bicyclic) bond motifs is 1. The van der Waals surface area contributed by atoms with Gasteiger partial charge in [0.25, 0.3) is 0 Å². The van der Waals surface area contributed by atoms with Crippen LogP contribution in [-0.4, -0.2) is 4.98 Å². The summed E-state index contributed by atoms with van der Waals surface area (Å²) in [6.07, 6.45) is 1.14. The molecule has 0 fully saturated rings. The van der Waals surface area contributed by atoms with E-state index in [1.807, 2.05) is 13.0 Å². The fourth-order valence-corrected chi connectivity index (χ4v) is 2.79. The molecule has 0 saturated heterocycles. The largest absolute Gasteiger partial charge is 0.242 e. The van der Waals surface area contributed by atoms with Gasteiger partial charge in [-0.2, -0.15) is 0 Å². The Morgan fingerprint density at radius 3 is 2.30 bits per heavy atom. The number of benzene rings is 2. The second kappa shape index (κ2) is 8.18. The van der Waals surface area contributed by atoms with E-state index in [9.17, 15) is 0 Å². The highest BCUT2D eigenvalue weighted by molar-refractivity contribution is 8.93. The van der Waals surface area contributed by atoms with E-state index in [1.165, 1.54) is 15.8 Å². The Kier molecular flexibility index (Phi) is 6.89. The third-order valence-corrected chi connectivity index (χ3v) is 3.84. The van der Waals surface area contributed by atoms with Crippen LogP contribution in [0.15, 0.2) is 48.5 Å². The first-order chi connectivity index (χ1) is 9.19. The Balaban J connectivity index is 0.000000200. The number of hydrogen-bond acceptors (Lipinski definition) is 2. The van der Waals surface area contributed by atoms with Gasteiger partial charge in [-0.05, 0) is 43.5 Å². The predicted molar refractivity (Wildman–Crippen MR) is 95.2 cm³/mol. The molecule has 0 aliphatic rings. The Morgan fingerprint density at radius 1 is 1.00 bits per heavy atom. The molecule has 0 unspecified atom stereocenters. The van der Waals surface area contributed by atoms with Crippen molar-refractivity contribution in [3.63, 3.8) is 0 Å². The minimum Gasteiger partial charge on any atom is -0.242 e. The van der Waals surface area contributed by atoms with Gasteiger partial charge in [0.1, 0.15) is 0 Å². The normalized spacial score (nSPS) is 9.55. The van der Waals surface area contributed by atoms with Crippen LogP contribution < -0.4 is 0 Å². The molecule has 0 radical (unpaired) electrons. The van der Waals surface area contributed by atoms with E-state index in [1.54, 1.807) is 11.3 Å². The summed E-state index contributed by atoms with van der Waals surface area (Å²) in [5.41, 5.74) is 3.84. The van der Waals surface area contributed by atoms with Gasteiger partial charge in [0.05, 0.1) is 15.2 Å². The average molecular weight is 350 g/mol. The van der Waals surface area contributed by atoms with Gasteiger partial charge >= 0.3 is 0 Å². The Labute approximate surface area is 135 Å². The monoisotopic (exact) mass is 349 g/mol. The van der Waals surface area contributed by atoms with E-state index < -0.39 is 0 Å². The van der Waals surface area contributed by atoms with Crippen molar-refractivity contribution >= 4 is 38.5 Å². The van der Waals surface area contributed by atoms with E-state index in [2.05, 4.69) is 61.3 Å². The van der Waals surface area contributed by atoms with Crippen LogP contribution in [0.4, 0.5) is 0 Å². The first-order valence-electron chi connectivity index (χ1n) is 6.56. The first-order valence-corrected chi connectivity index (χ1v) is 7.38. The highest BCUT2D eigenvalue weighted by Crippen LogP contribution is 2.21. The molecule has 106 valence electrons. The molecule has 0 bridgehead atoms. The summed E-state index contributed by atoms with van der Waals surface area (Å²) < 4.78 is 1.29. The SMILES string of the molecule is Br.CCc1ccccc1.Cc1ccc2nc(C)sc2c1. The summed E-state index contributed by atoms with van der Waals surface area (Å²) in [7, 11) is 0. The summed E-state index contributed by atoms with van der Waals surface area (Å²) in [5.74, 6) is 0. The van der Waals surface area contributed by atoms with Crippen LogP contribution in [0.25, 0.3) is 10.2 Å². The van der Waals surface area contributed by atoms with Gasteiger partial charge in [0.2, 0.25) is 0 Å². The maximum atomic E-state index is 4.37. The lowest BCUT2D eigenvalue weighted by atomic mass is 10.2. The molecule has 0 atom stereocenters. The Morgan fingerprint density at radius 2 is 1.70 bits per heavy atom. The fraction of sp³-hybridized carbons (Fsp3) is 0.235. The number of hydrogen-bond donors (Lipinski definition) is 0. The highest BCUT2D eigenvalue weighted by Gasteiger charge is 1.98. The van der Waals surface area contributed by atoms with E-state index in [-0.39, 0.29) is 17.0 Å². The fourth-order valence-electron chi connectivity index (χ4n) is 1.86. The van der Waals surface area contributed by atoms with Crippen molar-refractivity contribution in [3.05, 3.63) is 64.7 Å². The number of aryl methyl sites for hydroxylation is 3. The van der Waals surface area contributed by atoms with Crippen LogP contribution in [0.3, 0.4) is 0 Å². The van der Waals surface area contributed by atoms with E-state index in [4.69, 9.17) is 0 Å². The zero-order chi connectivity index (χ0) is 13.7. The van der Waals surface area contributed by atoms with Crippen LogP contribution in [0.2, 0.25) is 0 Å². The van der Waals surface area contributed by atoms with Gasteiger partial charge in [-0.3, -0.25) is 0 Å². The van der Waals surface area contributed by atoms with Gasteiger partial charge in [0, 0.05) is 0 Å². The molecule has 0 aliphatic heterocycles. The quantitative estimate of drug-likeness (QED) is 0.545. The topological polar surface area (TPSA) is 12.9 Å². The minimum atomic E-state index is 0. The predicted octanol–water partition coefficient (Wildman–Crippen LogP) is 5.74. The van der Waals surface area contributed by atoms with Crippen molar-refractivity contribution in [2.24, 2.45) is 0 Å². The molecule has 3 heteroatoms. The van der Waals surface area contributed by atoms with E-state index in [0.29, 0.717) is 0 Å². The number of nitrogens with zero attached hydrogens (tertiary/aromatic N) is 1. The summed E-state index contributed by atoms with van der Waals surface area (Å²) in [5, 5.41) is 1.14. The van der Waals surface area contributed by atoms with Gasteiger partial charge in [-0.15, -0.1) is 28.3 Å². The lowest BCUT2D eigenvalue weighted by Crippen LogP contribution is -1.73. The van der Waals surface area contributed by atoms with Crippen LogP contribution in [-0.2, 0) is 6.42 Å². The molecular weight excluding hydrogens is 330 g/mol. The molecule has 3 aromatic rings. The van der Waals surface area contributed by atoms with E-state index in [0.717, 1.165) is 16.9 Å². The molecule has 2 aromatic carbocycles. The Hall–Kier alpha value is -1.19. The average Bonchev–Trinajstić information content (AvgIpc) is 2.79. The van der Waals surface area contributed by atoms with Crippen molar-refractivity contribution in [2.75, 3.05) is 0 Å². The number of thiazole rings is 1. The molecule has 3 rings (SSSR count). The van der Waals surface area contributed by atoms with Gasteiger partial charge in [-0.1, -0.05) is 43.3 Å². The summed E-state index contributed by atoms with van der Waals surface area (Å²) >= 11 is 1.76. The van der Waals surface area contributed by atoms with Crippen LogP contribution >= 0.6 is 28.3 Å². The lowest BCUT2D eigenvalue weighted by Gasteiger charge is -1.89. The summed E-state index contributed by atoms with van der Waals surface area (Å²) in [4.78, 5) is 4.37. The molecule has 1 aromatic heterocycles. The number of aromatic nitrogens is 1. The van der Waals surface area contributed by atoms with Gasteiger partial charge in [-0.25, -0.2) is 4.98 Å². The summed E-state index contributed by atoms with van der Waals surface area (Å²) in [6, 6.07) is 16.8. The van der Waals surface area contributed by atoms with Crippen molar-refractivity contribution in [1.82, 2.24) is 4.98 Å². The molecule has 0 N–H and O–H groups in total. The van der Waals surface area contributed by atoms with Crippen LogP contribution in [0.1, 0.15) is 23.1 Å². The second-order valence-corrected chi connectivity index (χ2v) is 5.78. The molecule has 1 nitrogen and oxygen atoms in total. The molecule has 0 saturated carbocycles. The summed E-state index contributed by atoms with van der Waals surface area (Å²) in [6.45, 7) is 6.31. The zero-order valence-corrected chi connectivity index (χ0v) is 14.6. The number of halogens is 1. The van der Waals surface area contributed by atoms with Crippen LogP contribution in [0.5, 0.6) is 0 Å². The van der Waals surface area contributed by atoms with Gasteiger partial charge < -0.3 is 0 Å². The maximum absolute atomic E-state index is 4.37. The molecular formula is C17H20BrNS. The van der Waals surface area contributed by atoms with Crippen LogP contribution in [0, 0.1) is 13.8 Å². The lowest BCUT2D eigenvalue weighted by molar-refractivity contribution is 1.14. The zero-order valence-electron chi connectivity index (χ0n) is 12.1. The molecule has 0 amide bonds. The first kappa shape index (κ1) is 16.9. The molecule has 20 heavy (non-hydrogen) atoms. The van der Waals surface area contributed by atoms with Gasteiger partial charge in [0.15, 0.2) is 0 Å². The van der Waals surface area contributed by atoms with Crippen molar-refractivity contribution in [3.8, 4) is 0 Å². The molecule has 1 heterocycles. The third-order valence-electron chi connectivity index (χ3n) is 2.90. The minimum absolute atomic E-state index is 0. The smallest absolute Gasteiger partial charge is 0.0907 e. The molecule has 0 spiro atoms. The van der Waals surface area contributed by atoms with Crippen molar-refractivity contribution in [2.45, 2.75) is 27.2 Å². The second-order valence-electron chi connectivity index (χ2n) is 4.54. The third kappa shape index (κ3) is 4.73.